The predicted molar refractivity (Wildman–Crippen MR) is 44.9 cm³/mol. The van der Waals surface area contributed by atoms with Crippen LogP contribution in [-0.2, 0) is 0 Å². The van der Waals surface area contributed by atoms with Crippen LogP contribution in [0.2, 0.25) is 0 Å². The first-order chi connectivity index (χ1) is 5.70. The van der Waals surface area contributed by atoms with Gasteiger partial charge in [-0.05, 0) is 13.8 Å². The van der Waals surface area contributed by atoms with Crippen LogP contribution in [0.5, 0.6) is 0 Å². The van der Waals surface area contributed by atoms with Crippen molar-refractivity contribution in [3.8, 4) is 0 Å². The number of hydrogen-bond acceptors (Lipinski definition) is 4. The summed E-state index contributed by atoms with van der Waals surface area (Å²) in [6.07, 6.45) is 1.49. The van der Waals surface area contributed by atoms with E-state index < -0.39 is 0 Å². The molecule has 2 heterocycles. The van der Waals surface area contributed by atoms with Gasteiger partial charge in [-0.25, -0.2) is 9.97 Å². The van der Waals surface area contributed by atoms with Crippen LogP contribution in [-0.4, -0.2) is 19.9 Å². The van der Waals surface area contributed by atoms with Crippen molar-refractivity contribution in [2.24, 2.45) is 0 Å². The number of nitrogen functional groups attached to an aromatic ring is 1. The van der Waals surface area contributed by atoms with Crippen molar-refractivity contribution in [1.29, 1.82) is 0 Å². The molecule has 62 valence electrons. The Hall–Kier alpha value is -1.65. The van der Waals surface area contributed by atoms with Crippen LogP contribution in [0.3, 0.4) is 0 Å². The van der Waals surface area contributed by atoms with Crippen molar-refractivity contribution in [3.63, 3.8) is 0 Å². The van der Waals surface area contributed by atoms with E-state index in [-0.39, 0.29) is 0 Å². The highest BCUT2D eigenvalue weighted by Crippen LogP contribution is 2.15. The van der Waals surface area contributed by atoms with Gasteiger partial charge in [-0.2, -0.15) is 9.89 Å². The molecule has 5 nitrogen and oxygen atoms in total. The number of aryl methyl sites for hydroxylation is 2. The summed E-state index contributed by atoms with van der Waals surface area (Å²) in [6, 6.07) is 0. The highest BCUT2D eigenvalue weighted by molar-refractivity contribution is 5.80. The maximum atomic E-state index is 5.56. The largest absolute Gasteiger partial charge is 0.321 e. The van der Waals surface area contributed by atoms with Crippen molar-refractivity contribution >= 4 is 11.0 Å². The Bertz CT molecular complexity index is 431. The standard InChI is InChI=1S/C7H9N5/c1-4-6-5(2)11-12(8)7(6)10-3-9-4/h3H,8H2,1-2H3. The lowest BCUT2D eigenvalue weighted by Gasteiger charge is -1.93. The highest BCUT2D eigenvalue weighted by Gasteiger charge is 2.08. The molecule has 0 aliphatic carbocycles. The second-order valence-electron chi connectivity index (χ2n) is 2.69. The smallest absolute Gasteiger partial charge is 0.183 e. The number of rotatable bonds is 0. The minimum absolute atomic E-state index is 0.681. The molecule has 2 aromatic rings. The fourth-order valence-electron chi connectivity index (χ4n) is 1.32. The van der Waals surface area contributed by atoms with Crippen LogP contribution in [0.15, 0.2) is 6.33 Å². The molecule has 0 spiro atoms. The van der Waals surface area contributed by atoms with Crippen LogP contribution in [0.25, 0.3) is 11.0 Å². The van der Waals surface area contributed by atoms with Gasteiger partial charge >= 0.3 is 0 Å². The summed E-state index contributed by atoms with van der Waals surface area (Å²) in [5.74, 6) is 5.56. The van der Waals surface area contributed by atoms with Gasteiger partial charge in [0, 0.05) is 0 Å². The molecule has 2 rings (SSSR count). The molecule has 0 amide bonds. The van der Waals surface area contributed by atoms with E-state index in [1.54, 1.807) is 0 Å². The summed E-state index contributed by atoms with van der Waals surface area (Å²) in [5, 5.41) is 4.99. The second-order valence-corrected chi connectivity index (χ2v) is 2.69. The quantitative estimate of drug-likeness (QED) is 0.561. The van der Waals surface area contributed by atoms with Gasteiger partial charge in [-0.1, -0.05) is 0 Å². The summed E-state index contributed by atoms with van der Waals surface area (Å²) >= 11 is 0. The number of fused-ring (bicyclic) bond motifs is 1. The van der Waals surface area contributed by atoms with Gasteiger partial charge in [0.25, 0.3) is 0 Å². The van der Waals surface area contributed by atoms with Gasteiger partial charge in [-0.3, -0.25) is 0 Å². The summed E-state index contributed by atoms with van der Waals surface area (Å²) < 4.78 is 0. The molecule has 5 heteroatoms. The maximum Gasteiger partial charge on any atom is 0.183 e. The molecular formula is C7H9N5. The Balaban J connectivity index is 2.99. The van der Waals surface area contributed by atoms with Crippen molar-refractivity contribution in [3.05, 3.63) is 17.7 Å². The van der Waals surface area contributed by atoms with E-state index in [9.17, 15) is 0 Å². The molecule has 0 bridgehead atoms. The van der Waals surface area contributed by atoms with Gasteiger partial charge < -0.3 is 5.84 Å². The SMILES string of the molecule is Cc1ncnc2c1c(C)nn2N. The minimum atomic E-state index is 0.681. The van der Waals surface area contributed by atoms with Crippen LogP contribution in [0.4, 0.5) is 0 Å². The molecule has 2 aromatic heterocycles. The Morgan fingerprint density at radius 2 is 2.00 bits per heavy atom. The van der Waals surface area contributed by atoms with Gasteiger partial charge in [0.15, 0.2) is 5.65 Å². The van der Waals surface area contributed by atoms with E-state index in [4.69, 9.17) is 5.84 Å². The van der Waals surface area contributed by atoms with Crippen molar-refractivity contribution in [1.82, 2.24) is 19.9 Å². The first kappa shape index (κ1) is 7.02. The molecule has 0 atom stereocenters. The summed E-state index contributed by atoms with van der Waals surface area (Å²) in [6.45, 7) is 3.81. The third kappa shape index (κ3) is 0.761. The van der Waals surface area contributed by atoms with E-state index in [0.29, 0.717) is 5.65 Å². The van der Waals surface area contributed by atoms with Crippen LogP contribution in [0, 0.1) is 13.8 Å². The third-order valence-corrected chi connectivity index (χ3v) is 1.85. The number of nitrogens with two attached hydrogens (primary N) is 1. The summed E-state index contributed by atoms with van der Waals surface area (Å²) in [5.41, 5.74) is 2.46. The number of aromatic nitrogens is 4. The summed E-state index contributed by atoms with van der Waals surface area (Å²) in [4.78, 5) is 9.37. The molecule has 0 aliphatic heterocycles. The summed E-state index contributed by atoms with van der Waals surface area (Å²) in [7, 11) is 0. The van der Waals surface area contributed by atoms with Crippen LogP contribution < -0.4 is 5.84 Å². The molecule has 0 radical (unpaired) electrons. The Kier molecular flexibility index (Phi) is 1.27. The van der Waals surface area contributed by atoms with Crippen molar-refractivity contribution < 1.29 is 0 Å². The molecule has 0 aromatic carbocycles. The fourth-order valence-corrected chi connectivity index (χ4v) is 1.32. The Labute approximate surface area is 69.2 Å². The zero-order valence-corrected chi connectivity index (χ0v) is 6.94. The molecule has 12 heavy (non-hydrogen) atoms. The van der Waals surface area contributed by atoms with E-state index in [1.165, 1.54) is 11.1 Å². The Morgan fingerprint density at radius 3 is 2.67 bits per heavy atom. The van der Waals surface area contributed by atoms with Gasteiger partial charge in [0.05, 0.1) is 16.8 Å². The third-order valence-electron chi connectivity index (χ3n) is 1.85. The van der Waals surface area contributed by atoms with Crippen LogP contribution in [0.1, 0.15) is 11.4 Å². The molecule has 0 fully saturated rings. The van der Waals surface area contributed by atoms with Crippen LogP contribution >= 0.6 is 0 Å². The normalized spacial score (nSPS) is 10.8. The maximum absolute atomic E-state index is 5.56. The molecule has 2 N–H and O–H groups in total. The molecule has 0 saturated heterocycles. The average Bonchev–Trinajstić information content (AvgIpc) is 2.29. The lowest BCUT2D eigenvalue weighted by Crippen LogP contribution is -2.10. The number of hydrogen-bond donors (Lipinski definition) is 1. The monoisotopic (exact) mass is 163 g/mol. The Morgan fingerprint density at radius 1 is 1.25 bits per heavy atom. The first-order valence-corrected chi connectivity index (χ1v) is 3.62. The van der Waals surface area contributed by atoms with E-state index in [1.807, 2.05) is 13.8 Å². The predicted octanol–water partition coefficient (Wildman–Crippen LogP) is 0.157. The molecular weight excluding hydrogens is 154 g/mol. The second kappa shape index (κ2) is 2.17. The van der Waals surface area contributed by atoms with E-state index in [2.05, 4.69) is 15.1 Å². The van der Waals surface area contributed by atoms with Gasteiger partial charge in [-0.15, -0.1) is 0 Å². The van der Waals surface area contributed by atoms with E-state index in [0.717, 1.165) is 16.8 Å². The molecule has 0 saturated carbocycles. The van der Waals surface area contributed by atoms with Crippen molar-refractivity contribution in [2.75, 3.05) is 5.84 Å². The van der Waals surface area contributed by atoms with Gasteiger partial charge in [0.1, 0.15) is 6.33 Å². The molecule has 0 aliphatic rings. The average molecular weight is 163 g/mol. The minimum Gasteiger partial charge on any atom is -0.321 e. The lowest BCUT2D eigenvalue weighted by molar-refractivity contribution is 0.832. The topological polar surface area (TPSA) is 69.6 Å². The lowest BCUT2D eigenvalue weighted by atomic mass is 10.2. The number of nitrogens with zero attached hydrogens (tertiary/aromatic N) is 4. The van der Waals surface area contributed by atoms with Gasteiger partial charge in [0.2, 0.25) is 0 Å². The fraction of sp³-hybridized carbons (Fsp3) is 0.286. The highest BCUT2D eigenvalue weighted by atomic mass is 15.5. The zero-order valence-electron chi connectivity index (χ0n) is 6.94. The van der Waals surface area contributed by atoms with Crippen molar-refractivity contribution in [2.45, 2.75) is 13.8 Å². The first-order valence-electron chi connectivity index (χ1n) is 3.62. The molecule has 0 unspecified atom stereocenters. The zero-order chi connectivity index (χ0) is 8.72. The van der Waals surface area contributed by atoms with E-state index >= 15 is 0 Å².